The first-order chi connectivity index (χ1) is 8.56. The van der Waals surface area contributed by atoms with Gasteiger partial charge in [-0.3, -0.25) is 0 Å². The van der Waals surface area contributed by atoms with Gasteiger partial charge in [-0.15, -0.1) is 0 Å². The second-order valence-electron chi connectivity index (χ2n) is 4.65. The second-order valence-corrected chi connectivity index (χ2v) is 4.65. The lowest BCUT2D eigenvalue weighted by Crippen LogP contribution is -2.33. The van der Waals surface area contributed by atoms with Gasteiger partial charge in [0.05, 0.1) is 20.3 Å². The van der Waals surface area contributed by atoms with Gasteiger partial charge in [0.1, 0.15) is 5.76 Å². The Balaban J connectivity index is 2.47. The zero-order valence-electron chi connectivity index (χ0n) is 11.1. The van der Waals surface area contributed by atoms with Gasteiger partial charge >= 0.3 is 5.97 Å². The fourth-order valence-corrected chi connectivity index (χ4v) is 1.72. The molecule has 0 aromatic carbocycles. The van der Waals surface area contributed by atoms with Crippen molar-refractivity contribution in [2.24, 2.45) is 5.92 Å². The Bertz CT molecular complexity index is 373. The fraction of sp³-hybridized carbons (Fsp3) is 0.615. The summed E-state index contributed by atoms with van der Waals surface area (Å²) in [6, 6.07) is 3.35. The van der Waals surface area contributed by atoms with Crippen molar-refractivity contribution in [3.8, 4) is 0 Å². The van der Waals surface area contributed by atoms with Crippen LogP contribution >= 0.6 is 0 Å². The molecule has 0 spiro atoms. The summed E-state index contributed by atoms with van der Waals surface area (Å²) in [4.78, 5) is 11.2. The summed E-state index contributed by atoms with van der Waals surface area (Å²) in [5.41, 5.74) is 0. The maximum Gasteiger partial charge on any atom is 0.373 e. The number of carbonyl (C=O) groups is 1. The summed E-state index contributed by atoms with van der Waals surface area (Å²) in [6.45, 7) is 4.77. The van der Waals surface area contributed by atoms with Gasteiger partial charge in [-0.05, 0) is 24.5 Å². The van der Waals surface area contributed by atoms with E-state index in [0.29, 0.717) is 18.2 Å². The largest absolute Gasteiger partial charge is 0.463 e. The van der Waals surface area contributed by atoms with E-state index in [0.717, 1.165) is 6.42 Å². The number of hydrogen-bond acceptors (Lipinski definition) is 5. The molecule has 0 aliphatic heterocycles. The van der Waals surface area contributed by atoms with Gasteiger partial charge < -0.3 is 19.6 Å². The minimum Gasteiger partial charge on any atom is -0.463 e. The molecule has 1 heterocycles. The molecule has 0 amide bonds. The van der Waals surface area contributed by atoms with Gasteiger partial charge in [0.25, 0.3) is 0 Å². The van der Waals surface area contributed by atoms with Crippen molar-refractivity contribution < 1.29 is 19.1 Å². The van der Waals surface area contributed by atoms with Crippen molar-refractivity contribution in [3.63, 3.8) is 0 Å². The highest BCUT2D eigenvalue weighted by molar-refractivity contribution is 5.86. The summed E-state index contributed by atoms with van der Waals surface area (Å²) < 4.78 is 9.87. The van der Waals surface area contributed by atoms with E-state index in [-0.39, 0.29) is 18.4 Å². The fourth-order valence-electron chi connectivity index (χ4n) is 1.72. The maximum absolute atomic E-state index is 11.2. The van der Waals surface area contributed by atoms with E-state index >= 15 is 0 Å². The first kappa shape index (κ1) is 14.7. The number of carbonyl (C=O) groups excluding carboxylic acids is 1. The van der Waals surface area contributed by atoms with Gasteiger partial charge in [0, 0.05) is 6.04 Å². The minimum atomic E-state index is -0.484. The van der Waals surface area contributed by atoms with E-state index in [1.54, 1.807) is 12.1 Å². The third-order valence-corrected chi connectivity index (χ3v) is 2.59. The lowest BCUT2D eigenvalue weighted by molar-refractivity contribution is 0.0562. The zero-order chi connectivity index (χ0) is 13.5. The van der Waals surface area contributed by atoms with E-state index in [1.165, 1.54) is 7.11 Å². The van der Waals surface area contributed by atoms with Crippen molar-refractivity contribution in [2.45, 2.75) is 32.9 Å². The average molecular weight is 255 g/mol. The van der Waals surface area contributed by atoms with E-state index in [9.17, 15) is 9.90 Å². The monoisotopic (exact) mass is 255 g/mol. The molecule has 102 valence electrons. The number of furan rings is 1. The zero-order valence-corrected chi connectivity index (χ0v) is 11.1. The summed E-state index contributed by atoms with van der Waals surface area (Å²) in [5.74, 6) is 0.871. The van der Waals surface area contributed by atoms with Gasteiger partial charge in [-0.2, -0.15) is 0 Å². The summed E-state index contributed by atoms with van der Waals surface area (Å²) in [7, 11) is 1.31. The number of nitrogens with one attached hydrogen (secondary N) is 1. The topological polar surface area (TPSA) is 71.7 Å². The number of methoxy groups -OCH3 is 1. The molecule has 0 saturated carbocycles. The van der Waals surface area contributed by atoms with Crippen molar-refractivity contribution in [2.75, 3.05) is 13.7 Å². The van der Waals surface area contributed by atoms with Gasteiger partial charge in [0.15, 0.2) is 0 Å². The lowest BCUT2D eigenvalue weighted by atomic mass is 10.0. The van der Waals surface area contributed by atoms with Crippen LogP contribution in [-0.4, -0.2) is 30.8 Å². The Hall–Kier alpha value is -1.33. The van der Waals surface area contributed by atoms with Crippen LogP contribution in [0.1, 0.15) is 36.6 Å². The quantitative estimate of drug-likeness (QED) is 0.723. The number of ether oxygens (including phenoxy) is 1. The molecule has 1 unspecified atom stereocenters. The number of aliphatic hydroxyl groups is 1. The Morgan fingerprint density at radius 1 is 1.50 bits per heavy atom. The predicted octanol–water partition coefficient (Wildman–Crippen LogP) is 1.56. The van der Waals surface area contributed by atoms with E-state index in [1.807, 2.05) is 0 Å². The first-order valence-corrected chi connectivity index (χ1v) is 6.08. The molecular formula is C13H21NO4. The van der Waals surface area contributed by atoms with Crippen molar-refractivity contribution >= 4 is 5.97 Å². The van der Waals surface area contributed by atoms with Crippen molar-refractivity contribution in [1.82, 2.24) is 5.32 Å². The molecule has 1 atom stereocenters. The van der Waals surface area contributed by atoms with Crippen LogP contribution < -0.4 is 5.32 Å². The van der Waals surface area contributed by atoms with Crippen LogP contribution in [0.4, 0.5) is 0 Å². The molecule has 0 aliphatic carbocycles. The lowest BCUT2D eigenvalue weighted by Gasteiger charge is -2.17. The molecule has 1 rings (SSSR count). The average Bonchev–Trinajstić information content (AvgIpc) is 2.81. The number of hydrogen-bond donors (Lipinski definition) is 2. The highest BCUT2D eigenvalue weighted by atomic mass is 16.5. The highest BCUT2D eigenvalue weighted by Gasteiger charge is 2.13. The molecule has 0 saturated heterocycles. The van der Waals surface area contributed by atoms with Gasteiger partial charge in [-0.1, -0.05) is 13.8 Å². The Morgan fingerprint density at radius 2 is 2.22 bits per heavy atom. The molecule has 0 aliphatic rings. The maximum atomic E-state index is 11.2. The van der Waals surface area contributed by atoms with Gasteiger partial charge in [0.2, 0.25) is 5.76 Å². The molecule has 5 heteroatoms. The highest BCUT2D eigenvalue weighted by Crippen LogP contribution is 2.10. The number of aliphatic hydroxyl groups excluding tert-OH is 1. The van der Waals surface area contributed by atoms with Crippen molar-refractivity contribution in [1.29, 1.82) is 0 Å². The number of rotatable bonds is 7. The summed E-state index contributed by atoms with van der Waals surface area (Å²) in [6.07, 6.45) is 0.890. The summed E-state index contributed by atoms with van der Waals surface area (Å²) >= 11 is 0. The molecule has 1 aromatic rings. The van der Waals surface area contributed by atoms with Gasteiger partial charge in [-0.25, -0.2) is 4.79 Å². The smallest absolute Gasteiger partial charge is 0.373 e. The van der Waals surface area contributed by atoms with Crippen LogP contribution in [0, 0.1) is 5.92 Å². The van der Waals surface area contributed by atoms with Crippen LogP contribution in [0.15, 0.2) is 16.5 Å². The molecule has 1 aromatic heterocycles. The Morgan fingerprint density at radius 3 is 2.78 bits per heavy atom. The molecule has 0 radical (unpaired) electrons. The normalized spacial score (nSPS) is 12.7. The SMILES string of the molecule is COC(=O)c1ccc(CNC(CO)CC(C)C)o1. The van der Waals surface area contributed by atoms with Crippen molar-refractivity contribution in [3.05, 3.63) is 23.7 Å². The van der Waals surface area contributed by atoms with E-state index in [4.69, 9.17) is 4.42 Å². The molecule has 0 bridgehead atoms. The molecule has 2 N–H and O–H groups in total. The van der Waals surface area contributed by atoms with Crippen LogP contribution in [-0.2, 0) is 11.3 Å². The second kappa shape index (κ2) is 7.18. The Kier molecular flexibility index (Phi) is 5.88. The predicted molar refractivity (Wildman–Crippen MR) is 67.2 cm³/mol. The van der Waals surface area contributed by atoms with Crippen LogP contribution in [0.5, 0.6) is 0 Å². The first-order valence-electron chi connectivity index (χ1n) is 6.08. The molecular weight excluding hydrogens is 234 g/mol. The number of esters is 1. The van der Waals surface area contributed by atoms with E-state index in [2.05, 4.69) is 23.9 Å². The minimum absolute atomic E-state index is 0.0386. The molecule has 0 fully saturated rings. The van der Waals surface area contributed by atoms with Crippen LogP contribution in [0.25, 0.3) is 0 Å². The summed E-state index contributed by atoms with van der Waals surface area (Å²) in [5, 5.41) is 12.4. The molecule has 18 heavy (non-hydrogen) atoms. The standard InChI is InChI=1S/C13H21NO4/c1-9(2)6-10(8-15)14-7-11-4-5-12(18-11)13(16)17-3/h4-5,9-10,14-15H,6-8H2,1-3H3. The van der Waals surface area contributed by atoms with Crippen LogP contribution in [0.3, 0.4) is 0 Å². The van der Waals surface area contributed by atoms with E-state index < -0.39 is 5.97 Å². The third-order valence-electron chi connectivity index (χ3n) is 2.59. The Labute approximate surface area is 107 Å². The molecule has 5 nitrogen and oxygen atoms in total. The van der Waals surface area contributed by atoms with Crippen LogP contribution in [0.2, 0.25) is 0 Å². The third kappa shape index (κ3) is 4.50.